The van der Waals surface area contributed by atoms with Crippen LogP contribution in [0.25, 0.3) is 0 Å². The van der Waals surface area contributed by atoms with Gasteiger partial charge in [-0.2, -0.15) is 0 Å². The monoisotopic (exact) mass is 464 g/mol. The summed E-state index contributed by atoms with van der Waals surface area (Å²) in [5.74, 6) is -0.0868. The number of benzene rings is 3. The second kappa shape index (κ2) is 10.7. The number of amides is 1. The Morgan fingerprint density at radius 2 is 1.33 bits per heavy atom. The lowest BCUT2D eigenvalue weighted by molar-refractivity contribution is -0.138. The molecule has 0 saturated carbocycles. The Morgan fingerprint density at radius 3 is 1.85 bits per heavy atom. The molecule has 172 valence electrons. The van der Waals surface area contributed by atoms with Crippen molar-refractivity contribution in [3.63, 3.8) is 0 Å². The van der Waals surface area contributed by atoms with Crippen LogP contribution in [0.2, 0.25) is 0 Å². The van der Waals surface area contributed by atoms with Gasteiger partial charge in [0.2, 0.25) is 15.9 Å². The van der Waals surface area contributed by atoms with Crippen molar-refractivity contribution in [1.82, 2.24) is 9.62 Å². The smallest absolute Gasteiger partial charge is 0.248 e. The Bertz CT molecular complexity index is 1090. The molecule has 4 rings (SSSR count). The average molecular weight is 465 g/mol. The van der Waals surface area contributed by atoms with Gasteiger partial charge in [0.1, 0.15) is 12.7 Å². The summed E-state index contributed by atoms with van der Waals surface area (Å²) in [4.78, 5) is 14.8. The van der Waals surface area contributed by atoms with E-state index in [-0.39, 0.29) is 29.6 Å². The summed E-state index contributed by atoms with van der Waals surface area (Å²) in [6.45, 7) is 0.950. The van der Waals surface area contributed by atoms with Crippen LogP contribution in [0.15, 0.2) is 95.9 Å². The highest BCUT2D eigenvalue weighted by atomic mass is 32.2. The van der Waals surface area contributed by atoms with Gasteiger partial charge < -0.3 is 9.64 Å². The van der Waals surface area contributed by atoms with Crippen molar-refractivity contribution >= 4 is 15.9 Å². The molecule has 0 unspecified atom stereocenters. The molecule has 0 atom stereocenters. The fourth-order valence-electron chi connectivity index (χ4n) is 4.02. The first-order valence-corrected chi connectivity index (χ1v) is 12.6. The molecule has 1 fully saturated rings. The first kappa shape index (κ1) is 23.2. The van der Waals surface area contributed by atoms with Crippen LogP contribution in [0.5, 0.6) is 0 Å². The van der Waals surface area contributed by atoms with Crippen LogP contribution in [0, 0.1) is 0 Å². The van der Waals surface area contributed by atoms with Crippen molar-refractivity contribution in [2.24, 2.45) is 0 Å². The third-order valence-corrected chi connectivity index (χ3v) is 7.34. The van der Waals surface area contributed by atoms with Gasteiger partial charge in [-0.1, -0.05) is 78.9 Å². The molecule has 1 N–H and O–H groups in total. The molecule has 1 saturated heterocycles. The molecule has 0 aromatic heterocycles. The predicted molar refractivity (Wildman–Crippen MR) is 127 cm³/mol. The molecular weight excluding hydrogens is 436 g/mol. The summed E-state index contributed by atoms with van der Waals surface area (Å²) in [5, 5.41) is 0. The number of carbonyl (C=O) groups is 1. The van der Waals surface area contributed by atoms with Gasteiger partial charge in [0.25, 0.3) is 0 Å². The van der Waals surface area contributed by atoms with Crippen molar-refractivity contribution in [3.8, 4) is 0 Å². The van der Waals surface area contributed by atoms with E-state index in [0.29, 0.717) is 25.9 Å². The van der Waals surface area contributed by atoms with Crippen molar-refractivity contribution in [3.05, 3.63) is 102 Å². The first-order valence-electron chi connectivity index (χ1n) is 11.1. The molecule has 1 aliphatic heterocycles. The van der Waals surface area contributed by atoms with Crippen LogP contribution in [-0.2, 0) is 19.6 Å². The van der Waals surface area contributed by atoms with Crippen molar-refractivity contribution < 1.29 is 17.9 Å². The molecule has 7 heteroatoms. The molecule has 6 nitrogen and oxygen atoms in total. The zero-order valence-corrected chi connectivity index (χ0v) is 19.2. The average Bonchev–Trinajstić information content (AvgIpc) is 2.86. The van der Waals surface area contributed by atoms with Crippen LogP contribution >= 0.6 is 0 Å². The van der Waals surface area contributed by atoms with E-state index >= 15 is 0 Å². The number of likely N-dealkylation sites (tertiary alicyclic amines) is 1. The Kier molecular flexibility index (Phi) is 7.54. The fourth-order valence-corrected chi connectivity index (χ4v) is 5.35. The minimum absolute atomic E-state index is 0.0329. The van der Waals surface area contributed by atoms with Gasteiger partial charge in [-0.05, 0) is 36.1 Å². The number of rotatable bonds is 8. The van der Waals surface area contributed by atoms with Gasteiger partial charge in [-0.25, -0.2) is 13.1 Å². The minimum atomic E-state index is -3.56. The lowest BCUT2D eigenvalue weighted by atomic mass is 10.0. The fraction of sp³-hybridized carbons (Fsp3) is 0.269. The Hall–Kier alpha value is -3.00. The number of hydrogen-bond acceptors (Lipinski definition) is 4. The summed E-state index contributed by atoms with van der Waals surface area (Å²) >= 11 is 0. The molecule has 0 spiro atoms. The molecule has 1 amide bonds. The SMILES string of the molecule is O=C(COC(c1ccccc1)c1ccccc1)N1CCC(NS(=O)(=O)c2ccccc2)CC1. The third kappa shape index (κ3) is 6.07. The summed E-state index contributed by atoms with van der Waals surface area (Å²) in [5.41, 5.74) is 1.98. The molecule has 0 bridgehead atoms. The van der Waals surface area contributed by atoms with Gasteiger partial charge in [-0.15, -0.1) is 0 Å². The number of nitrogens with zero attached hydrogens (tertiary/aromatic N) is 1. The normalized spacial score (nSPS) is 15.0. The van der Waals surface area contributed by atoms with Crippen LogP contribution < -0.4 is 4.72 Å². The number of carbonyl (C=O) groups excluding carboxylic acids is 1. The van der Waals surface area contributed by atoms with E-state index < -0.39 is 10.0 Å². The molecule has 3 aromatic carbocycles. The maximum absolute atomic E-state index is 12.8. The maximum atomic E-state index is 12.8. The van der Waals surface area contributed by atoms with E-state index in [2.05, 4.69) is 4.72 Å². The second-order valence-electron chi connectivity index (χ2n) is 8.10. The summed E-state index contributed by atoms with van der Waals surface area (Å²) in [6.07, 6.45) is 0.809. The molecule has 0 aliphatic carbocycles. The van der Waals surface area contributed by atoms with Crippen molar-refractivity contribution in [2.45, 2.75) is 29.9 Å². The van der Waals surface area contributed by atoms with Gasteiger partial charge in [-0.3, -0.25) is 4.79 Å². The lowest BCUT2D eigenvalue weighted by Gasteiger charge is -2.32. The quantitative estimate of drug-likeness (QED) is 0.551. The van der Waals surface area contributed by atoms with E-state index in [4.69, 9.17) is 4.74 Å². The lowest BCUT2D eigenvalue weighted by Crippen LogP contribution is -2.47. The topological polar surface area (TPSA) is 75.7 Å². The van der Waals surface area contributed by atoms with Gasteiger partial charge in [0.05, 0.1) is 4.90 Å². The van der Waals surface area contributed by atoms with E-state index in [0.717, 1.165) is 11.1 Å². The zero-order chi connectivity index (χ0) is 23.1. The Balaban J connectivity index is 1.32. The predicted octanol–water partition coefficient (Wildman–Crippen LogP) is 3.76. The van der Waals surface area contributed by atoms with Crippen molar-refractivity contribution in [2.75, 3.05) is 19.7 Å². The van der Waals surface area contributed by atoms with Gasteiger partial charge >= 0.3 is 0 Å². The number of sulfonamides is 1. The molecular formula is C26H28N2O4S. The summed E-state index contributed by atoms with van der Waals surface area (Å²) in [7, 11) is -3.56. The summed E-state index contributed by atoms with van der Waals surface area (Å²) < 4.78 is 34.0. The van der Waals surface area contributed by atoms with Gasteiger partial charge in [0, 0.05) is 19.1 Å². The molecule has 0 radical (unpaired) electrons. The Labute approximate surface area is 195 Å². The Morgan fingerprint density at radius 1 is 0.848 bits per heavy atom. The van der Waals surface area contributed by atoms with Crippen LogP contribution in [0.4, 0.5) is 0 Å². The number of hydrogen-bond donors (Lipinski definition) is 1. The van der Waals surface area contributed by atoms with E-state index in [1.54, 1.807) is 35.2 Å². The molecule has 1 heterocycles. The van der Waals surface area contributed by atoms with E-state index in [1.165, 1.54) is 0 Å². The largest absolute Gasteiger partial charge is 0.359 e. The number of ether oxygens (including phenoxy) is 1. The standard InChI is InChI=1S/C26H28N2O4S/c29-25(20-32-26(21-10-4-1-5-11-21)22-12-6-2-7-13-22)28-18-16-23(17-19-28)27-33(30,31)24-14-8-3-9-15-24/h1-15,23,26-27H,16-20H2. The van der Waals surface area contributed by atoms with Gasteiger partial charge in [0.15, 0.2) is 0 Å². The zero-order valence-electron chi connectivity index (χ0n) is 18.3. The van der Waals surface area contributed by atoms with Crippen LogP contribution in [0.1, 0.15) is 30.1 Å². The van der Waals surface area contributed by atoms with Crippen LogP contribution in [-0.4, -0.2) is 45.0 Å². The van der Waals surface area contributed by atoms with Crippen LogP contribution in [0.3, 0.4) is 0 Å². The highest BCUT2D eigenvalue weighted by Gasteiger charge is 2.27. The highest BCUT2D eigenvalue weighted by molar-refractivity contribution is 7.89. The molecule has 33 heavy (non-hydrogen) atoms. The highest BCUT2D eigenvalue weighted by Crippen LogP contribution is 2.26. The molecule has 1 aliphatic rings. The molecule has 3 aromatic rings. The minimum Gasteiger partial charge on any atom is -0.359 e. The third-order valence-electron chi connectivity index (χ3n) is 5.80. The number of nitrogens with one attached hydrogen (secondary N) is 1. The van der Waals surface area contributed by atoms with Crippen molar-refractivity contribution in [1.29, 1.82) is 0 Å². The first-order chi connectivity index (χ1) is 16.0. The number of piperidine rings is 1. The van der Waals surface area contributed by atoms with E-state index in [1.807, 2.05) is 60.7 Å². The van der Waals surface area contributed by atoms with E-state index in [9.17, 15) is 13.2 Å². The second-order valence-corrected chi connectivity index (χ2v) is 9.82. The summed E-state index contributed by atoms with van der Waals surface area (Å²) in [6, 6.07) is 27.8. The maximum Gasteiger partial charge on any atom is 0.248 e.